The fraction of sp³-hybridized carbons (Fsp3) is 0.500. The summed E-state index contributed by atoms with van der Waals surface area (Å²) in [5, 5.41) is 8.95. The van der Waals surface area contributed by atoms with Gasteiger partial charge in [0.05, 0.1) is 36.3 Å². The number of Topliss-reactive ketones (excluding diaryl/α,β-unsaturated/α-hetero) is 1. The Kier molecular flexibility index (Phi) is 5.32. The lowest BCUT2D eigenvalue weighted by molar-refractivity contribution is -0.925. The molecule has 1 N–H and O–H groups in total. The highest BCUT2D eigenvalue weighted by atomic mass is 79.9. The van der Waals surface area contributed by atoms with Crippen molar-refractivity contribution in [2.75, 3.05) is 18.1 Å². The summed E-state index contributed by atoms with van der Waals surface area (Å²) in [4.78, 5) is 27.6. The highest BCUT2D eigenvalue weighted by Gasteiger charge is 2.39. The molecular formula is C18H21BrN3O2+. The van der Waals surface area contributed by atoms with E-state index in [-0.39, 0.29) is 0 Å². The van der Waals surface area contributed by atoms with Crippen LogP contribution in [-0.2, 0) is 4.79 Å². The third-order valence-corrected chi connectivity index (χ3v) is 5.53. The van der Waals surface area contributed by atoms with Gasteiger partial charge in [-0.05, 0) is 43.9 Å². The second-order valence-electron chi connectivity index (χ2n) is 6.53. The molecule has 0 aromatic heterocycles. The van der Waals surface area contributed by atoms with Gasteiger partial charge in [-0.15, -0.1) is 0 Å². The van der Waals surface area contributed by atoms with Gasteiger partial charge in [0.1, 0.15) is 0 Å². The molecule has 1 heterocycles. The number of hydrogen-bond acceptors (Lipinski definition) is 3. The maximum absolute atomic E-state index is 12.4. The number of ketones is 1. The van der Waals surface area contributed by atoms with Crippen molar-refractivity contribution in [2.45, 2.75) is 44.6 Å². The first-order valence-electron chi connectivity index (χ1n) is 8.49. The van der Waals surface area contributed by atoms with Gasteiger partial charge in [-0.2, -0.15) is 5.26 Å². The van der Waals surface area contributed by atoms with Crippen molar-refractivity contribution in [1.82, 2.24) is 0 Å². The molecule has 1 aromatic rings. The van der Waals surface area contributed by atoms with E-state index in [0.29, 0.717) is 36.9 Å². The summed E-state index contributed by atoms with van der Waals surface area (Å²) in [7, 11) is 0. The Bertz CT molecular complexity index is 692. The van der Waals surface area contributed by atoms with Crippen LogP contribution in [0.25, 0.3) is 0 Å². The Morgan fingerprint density at radius 3 is 2.71 bits per heavy atom. The average Bonchev–Trinajstić information content (AvgIpc) is 2.83. The molecule has 1 saturated carbocycles. The number of quaternary nitrogens is 1. The number of carbonyl (C=O) groups is 2. The van der Waals surface area contributed by atoms with E-state index in [4.69, 9.17) is 5.26 Å². The standard InChI is InChI=1S/C18H20BrN3O2/c19-13-7-8-16-15(11-13)17(23)18(24)22(16)12-21(10-4-9-20)14-5-2-1-3-6-14/h7-8,11,14H,1-6,10,12H2/p+1. The molecule has 1 fully saturated rings. The first-order valence-corrected chi connectivity index (χ1v) is 9.28. The first-order chi connectivity index (χ1) is 11.6. The zero-order chi connectivity index (χ0) is 17.1. The third-order valence-electron chi connectivity index (χ3n) is 5.04. The van der Waals surface area contributed by atoms with Gasteiger partial charge in [0.25, 0.3) is 5.78 Å². The summed E-state index contributed by atoms with van der Waals surface area (Å²) in [5.41, 5.74) is 1.16. The SMILES string of the molecule is N#CCC[NH+](CN1C(=O)C(=O)c2cc(Br)ccc21)C1CCCCC1. The number of anilines is 1. The predicted molar refractivity (Wildman–Crippen MR) is 93.8 cm³/mol. The Balaban J connectivity index is 1.83. The molecule has 2 aliphatic rings. The van der Waals surface area contributed by atoms with E-state index >= 15 is 0 Å². The van der Waals surface area contributed by atoms with E-state index < -0.39 is 11.7 Å². The van der Waals surface area contributed by atoms with Crippen LogP contribution in [0.15, 0.2) is 22.7 Å². The van der Waals surface area contributed by atoms with Crippen LogP contribution in [0.4, 0.5) is 5.69 Å². The van der Waals surface area contributed by atoms with Crippen molar-refractivity contribution in [1.29, 1.82) is 5.26 Å². The molecule has 1 aromatic carbocycles. The number of amides is 1. The van der Waals surface area contributed by atoms with Crippen LogP contribution < -0.4 is 9.80 Å². The van der Waals surface area contributed by atoms with Crippen LogP contribution >= 0.6 is 15.9 Å². The number of benzene rings is 1. The number of fused-ring (bicyclic) bond motifs is 1. The lowest BCUT2D eigenvalue weighted by Crippen LogP contribution is -3.17. The fourth-order valence-electron chi connectivity index (χ4n) is 3.77. The van der Waals surface area contributed by atoms with Gasteiger partial charge in [-0.25, -0.2) is 0 Å². The van der Waals surface area contributed by atoms with Crippen molar-refractivity contribution in [3.63, 3.8) is 0 Å². The molecule has 0 spiro atoms. The van der Waals surface area contributed by atoms with Crippen LogP contribution in [0.1, 0.15) is 48.9 Å². The Morgan fingerprint density at radius 2 is 2.00 bits per heavy atom. The van der Waals surface area contributed by atoms with E-state index in [2.05, 4.69) is 22.0 Å². The maximum Gasteiger partial charge on any atom is 0.303 e. The predicted octanol–water partition coefficient (Wildman–Crippen LogP) is 2.07. The van der Waals surface area contributed by atoms with Crippen LogP contribution in [0, 0.1) is 11.3 Å². The number of nitriles is 1. The zero-order valence-electron chi connectivity index (χ0n) is 13.6. The number of halogens is 1. The largest absolute Gasteiger partial charge is 0.314 e. The van der Waals surface area contributed by atoms with Crippen LogP contribution in [0.3, 0.4) is 0 Å². The molecule has 1 atom stereocenters. The van der Waals surface area contributed by atoms with Crippen LogP contribution in [-0.4, -0.2) is 30.9 Å². The molecule has 24 heavy (non-hydrogen) atoms. The lowest BCUT2D eigenvalue weighted by atomic mass is 9.94. The van der Waals surface area contributed by atoms with Crippen LogP contribution in [0.2, 0.25) is 0 Å². The Hall–Kier alpha value is -1.71. The van der Waals surface area contributed by atoms with Gasteiger partial charge in [-0.1, -0.05) is 22.4 Å². The summed E-state index contributed by atoms with van der Waals surface area (Å²) in [6, 6.07) is 8.07. The van der Waals surface area contributed by atoms with Crippen molar-refractivity contribution in [3.05, 3.63) is 28.2 Å². The van der Waals surface area contributed by atoms with Gasteiger partial charge in [0.2, 0.25) is 0 Å². The van der Waals surface area contributed by atoms with Crippen molar-refractivity contribution in [3.8, 4) is 6.07 Å². The van der Waals surface area contributed by atoms with Gasteiger partial charge < -0.3 is 4.90 Å². The van der Waals surface area contributed by atoms with Gasteiger partial charge in [0.15, 0.2) is 6.67 Å². The molecule has 1 aliphatic heterocycles. The van der Waals surface area contributed by atoms with E-state index in [9.17, 15) is 9.59 Å². The van der Waals surface area contributed by atoms with Crippen molar-refractivity contribution < 1.29 is 14.5 Å². The minimum Gasteiger partial charge on any atom is -0.314 e. The molecule has 1 amide bonds. The summed E-state index contributed by atoms with van der Waals surface area (Å²) in [6.45, 7) is 1.18. The van der Waals surface area contributed by atoms with E-state index in [0.717, 1.165) is 17.3 Å². The average molecular weight is 391 g/mol. The Labute approximate surface area is 150 Å². The minimum atomic E-state index is -0.451. The molecule has 1 aliphatic carbocycles. The van der Waals surface area contributed by atoms with Gasteiger partial charge in [-0.3, -0.25) is 14.5 Å². The normalized spacial score (nSPS) is 19.2. The number of rotatable bonds is 5. The smallest absolute Gasteiger partial charge is 0.303 e. The summed E-state index contributed by atoms with van der Waals surface area (Å²) >= 11 is 3.36. The fourth-order valence-corrected chi connectivity index (χ4v) is 4.13. The minimum absolute atomic E-state index is 0.436. The Morgan fingerprint density at radius 1 is 1.25 bits per heavy atom. The van der Waals surface area contributed by atoms with Gasteiger partial charge in [0, 0.05) is 4.47 Å². The molecule has 5 nitrogen and oxygen atoms in total. The molecule has 0 bridgehead atoms. The highest BCUT2D eigenvalue weighted by Crippen LogP contribution is 2.30. The topological polar surface area (TPSA) is 65.6 Å². The second kappa shape index (κ2) is 7.45. The molecule has 0 saturated heterocycles. The summed E-state index contributed by atoms with van der Waals surface area (Å²) in [6.07, 6.45) is 6.40. The van der Waals surface area contributed by atoms with Gasteiger partial charge >= 0.3 is 5.91 Å². The molecular weight excluding hydrogens is 370 g/mol. The van der Waals surface area contributed by atoms with Crippen LogP contribution in [0.5, 0.6) is 0 Å². The van der Waals surface area contributed by atoms with Crippen molar-refractivity contribution in [2.24, 2.45) is 0 Å². The quantitative estimate of drug-likeness (QED) is 0.782. The molecule has 0 radical (unpaired) electrons. The number of carbonyl (C=O) groups excluding carboxylic acids is 2. The number of nitrogens with zero attached hydrogens (tertiary/aromatic N) is 2. The van der Waals surface area contributed by atoms with E-state index in [1.54, 1.807) is 11.0 Å². The summed E-state index contributed by atoms with van der Waals surface area (Å²) < 4.78 is 0.796. The maximum atomic E-state index is 12.4. The van der Waals surface area contributed by atoms with Crippen molar-refractivity contribution >= 4 is 33.3 Å². The molecule has 3 rings (SSSR count). The first kappa shape index (κ1) is 17.1. The summed E-state index contributed by atoms with van der Waals surface area (Å²) in [5.74, 6) is -0.886. The molecule has 6 heteroatoms. The highest BCUT2D eigenvalue weighted by molar-refractivity contribution is 9.10. The number of nitrogens with one attached hydrogen (secondary N) is 1. The van der Waals surface area contributed by atoms with E-state index in [1.165, 1.54) is 24.2 Å². The van der Waals surface area contributed by atoms with E-state index in [1.807, 2.05) is 12.1 Å². The molecule has 1 unspecified atom stereocenters. The molecule has 126 valence electrons. The number of hydrogen-bond donors (Lipinski definition) is 1. The zero-order valence-corrected chi connectivity index (χ0v) is 15.1. The lowest BCUT2D eigenvalue weighted by Gasteiger charge is -2.33. The monoisotopic (exact) mass is 390 g/mol. The third kappa shape index (κ3) is 3.38. The second-order valence-corrected chi connectivity index (χ2v) is 7.45.